The molecule has 23 heavy (non-hydrogen) atoms. The zero-order valence-electron chi connectivity index (χ0n) is 13.9. The first-order valence-corrected chi connectivity index (χ1v) is 7.43. The summed E-state index contributed by atoms with van der Waals surface area (Å²) in [6.07, 6.45) is 0. The fourth-order valence-electron chi connectivity index (χ4n) is 2.18. The summed E-state index contributed by atoms with van der Waals surface area (Å²) < 4.78 is 14.9. The number of benzene rings is 1. The Balaban J connectivity index is 2.10. The van der Waals surface area contributed by atoms with E-state index in [2.05, 4.69) is 10.4 Å². The SMILES string of the molecule is Cn1nc(C(C)(C)C)cc1C(=O)NCc1ccc(F)c(CO)c1. The Labute approximate surface area is 135 Å². The minimum atomic E-state index is -0.455. The number of nitrogens with zero attached hydrogens (tertiary/aromatic N) is 2. The molecule has 0 aliphatic carbocycles. The van der Waals surface area contributed by atoms with Crippen molar-refractivity contribution in [3.8, 4) is 0 Å². The van der Waals surface area contributed by atoms with Crippen molar-refractivity contribution in [2.75, 3.05) is 0 Å². The molecule has 1 amide bonds. The van der Waals surface area contributed by atoms with E-state index in [0.717, 1.165) is 11.3 Å². The molecule has 1 heterocycles. The molecule has 124 valence electrons. The maximum absolute atomic E-state index is 13.3. The molecule has 0 radical (unpaired) electrons. The van der Waals surface area contributed by atoms with Crippen LogP contribution in [0.3, 0.4) is 0 Å². The number of aromatic nitrogens is 2. The first-order valence-electron chi connectivity index (χ1n) is 7.43. The van der Waals surface area contributed by atoms with E-state index in [1.807, 2.05) is 20.8 Å². The van der Waals surface area contributed by atoms with Gasteiger partial charge in [0.2, 0.25) is 0 Å². The molecular weight excluding hydrogens is 297 g/mol. The third kappa shape index (κ3) is 3.96. The highest BCUT2D eigenvalue weighted by molar-refractivity contribution is 5.92. The van der Waals surface area contributed by atoms with E-state index >= 15 is 0 Å². The second kappa shape index (κ2) is 6.50. The van der Waals surface area contributed by atoms with Gasteiger partial charge in [0.25, 0.3) is 5.91 Å². The van der Waals surface area contributed by atoms with Gasteiger partial charge in [-0.2, -0.15) is 5.10 Å². The Bertz CT molecular complexity index is 717. The Morgan fingerprint density at radius 2 is 2.04 bits per heavy atom. The maximum atomic E-state index is 13.3. The van der Waals surface area contributed by atoms with Crippen LogP contribution in [0.5, 0.6) is 0 Å². The summed E-state index contributed by atoms with van der Waals surface area (Å²) in [5.41, 5.74) is 2.12. The normalized spacial score (nSPS) is 11.6. The second-order valence-corrected chi connectivity index (χ2v) is 6.55. The lowest BCUT2D eigenvalue weighted by molar-refractivity contribution is 0.0941. The van der Waals surface area contributed by atoms with Crippen LogP contribution in [0.4, 0.5) is 4.39 Å². The zero-order valence-corrected chi connectivity index (χ0v) is 13.9. The second-order valence-electron chi connectivity index (χ2n) is 6.55. The average molecular weight is 319 g/mol. The Morgan fingerprint density at radius 1 is 1.35 bits per heavy atom. The van der Waals surface area contributed by atoms with Crippen LogP contribution in [0.2, 0.25) is 0 Å². The molecule has 2 rings (SSSR count). The van der Waals surface area contributed by atoms with Crippen molar-refractivity contribution in [2.24, 2.45) is 7.05 Å². The number of hydrogen-bond acceptors (Lipinski definition) is 3. The van der Waals surface area contributed by atoms with Gasteiger partial charge in [0, 0.05) is 24.6 Å². The lowest BCUT2D eigenvalue weighted by atomic mass is 9.92. The molecule has 2 aromatic rings. The molecule has 1 aromatic heterocycles. The Kier molecular flexibility index (Phi) is 4.85. The van der Waals surface area contributed by atoms with E-state index in [1.165, 1.54) is 6.07 Å². The van der Waals surface area contributed by atoms with Crippen LogP contribution in [0.25, 0.3) is 0 Å². The monoisotopic (exact) mass is 319 g/mol. The van der Waals surface area contributed by atoms with Crippen molar-refractivity contribution in [3.63, 3.8) is 0 Å². The standard InChI is InChI=1S/C17H22FN3O2/c1-17(2,3)15-8-14(21(4)20-15)16(23)19-9-11-5-6-13(18)12(7-11)10-22/h5-8,22H,9-10H2,1-4H3,(H,19,23). The van der Waals surface area contributed by atoms with Crippen LogP contribution in [0.1, 0.15) is 48.1 Å². The van der Waals surface area contributed by atoms with E-state index in [1.54, 1.807) is 29.9 Å². The highest BCUT2D eigenvalue weighted by Gasteiger charge is 2.21. The summed E-state index contributed by atoms with van der Waals surface area (Å²) in [5.74, 6) is -0.700. The lowest BCUT2D eigenvalue weighted by Crippen LogP contribution is -2.25. The third-order valence-electron chi connectivity index (χ3n) is 3.61. The number of amides is 1. The van der Waals surface area contributed by atoms with Crippen molar-refractivity contribution in [1.82, 2.24) is 15.1 Å². The van der Waals surface area contributed by atoms with Gasteiger partial charge in [0.15, 0.2) is 0 Å². The molecule has 0 spiro atoms. The Hall–Kier alpha value is -2.21. The zero-order chi connectivity index (χ0) is 17.2. The Morgan fingerprint density at radius 3 is 2.61 bits per heavy atom. The van der Waals surface area contributed by atoms with Crippen molar-refractivity contribution in [2.45, 2.75) is 39.3 Å². The fourth-order valence-corrected chi connectivity index (χ4v) is 2.18. The van der Waals surface area contributed by atoms with E-state index in [-0.39, 0.29) is 30.0 Å². The number of rotatable bonds is 4. The van der Waals surface area contributed by atoms with E-state index < -0.39 is 5.82 Å². The number of hydrogen-bond donors (Lipinski definition) is 2. The average Bonchev–Trinajstić information content (AvgIpc) is 2.88. The minimum absolute atomic E-state index is 0.136. The first kappa shape index (κ1) is 17.1. The van der Waals surface area contributed by atoms with Crippen LogP contribution >= 0.6 is 0 Å². The summed E-state index contributed by atoms with van der Waals surface area (Å²) in [7, 11) is 1.73. The third-order valence-corrected chi connectivity index (χ3v) is 3.61. The number of aliphatic hydroxyl groups is 1. The smallest absolute Gasteiger partial charge is 0.269 e. The highest BCUT2D eigenvalue weighted by atomic mass is 19.1. The lowest BCUT2D eigenvalue weighted by Gasteiger charge is -2.13. The number of carbonyl (C=O) groups is 1. The van der Waals surface area contributed by atoms with Gasteiger partial charge in [-0.25, -0.2) is 4.39 Å². The van der Waals surface area contributed by atoms with Gasteiger partial charge in [-0.15, -0.1) is 0 Å². The molecule has 0 fully saturated rings. The summed E-state index contributed by atoms with van der Waals surface area (Å²) in [4.78, 5) is 12.3. The predicted molar refractivity (Wildman–Crippen MR) is 85.4 cm³/mol. The van der Waals surface area contributed by atoms with Crippen molar-refractivity contribution in [3.05, 3.63) is 52.6 Å². The van der Waals surface area contributed by atoms with Crippen molar-refractivity contribution in [1.29, 1.82) is 0 Å². The van der Waals surface area contributed by atoms with Crippen LogP contribution < -0.4 is 5.32 Å². The number of aliphatic hydroxyl groups excluding tert-OH is 1. The molecule has 6 heteroatoms. The van der Waals surface area contributed by atoms with Gasteiger partial charge in [0.1, 0.15) is 11.5 Å². The molecule has 0 saturated carbocycles. The minimum Gasteiger partial charge on any atom is -0.392 e. The van der Waals surface area contributed by atoms with Gasteiger partial charge in [-0.3, -0.25) is 9.48 Å². The molecule has 2 N–H and O–H groups in total. The molecule has 5 nitrogen and oxygen atoms in total. The van der Waals surface area contributed by atoms with Crippen molar-refractivity contribution < 1.29 is 14.3 Å². The van der Waals surface area contributed by atoms with Gasteiger partial charge in [-0.05, 0) is 23.8 Å². The van der Waals surface area contributed by atoms with Crippen molar-refractivity contribution >= 4 is 5.91 Å². The fraction of sp³-hybridized carbons (Fsp3) is 0.412. The van der Waals surface area contributed by atoms with E-state index in [4.69, 9.17) is 5.11 Å². The van der Waals surface area contributed by atoms with Crippen LogP contribution in [0.15, 0.2) is 24.3 Å². The number of carbonyl (C=O) groups excluding carboxylic acids is 1. The van der Waals surface area contributed by atoms with Gasteiger partial charge in [0.05, 0.1) is 12.3 Å². The summed E-state index contributed by atoms with van der Waals surface area (Å²) in [6.45, 7) is 5.98. The predicted octanol–water partition coefficient (Wildman–Crippen LogP) is 2.28. The molecule has 0 bridgehead atoms. The number of nitrogens with one attached hydrogen (secondary N) is 1. The molecule has 1 aromatic carbocycles. The molecule has 0 atom stereocenters. The van der Waals surface area contributed by atoms with E-state index in [9.17, 15) is 9.18 Å². The quantitative estimate of drug-likeness (QED) is 0.908. The largest absolute Gasteiger partial charge is 0.392 e. The molecule has 0 aliphatic heterocycles. The molecule has 0 aliphatic rings. The first-order chi connectivity index (χ1) is 10.7. The maximum Gasteiger partial charge on any atom is 0.269 e. The molecule has 0 saturated heterocycles. The van der Waals surface area contributed by atoms with Gasteiger partial charge < -0.3 is 10.4 Å². The van der Waals surface area contributed by atoms with Crippen LogP contribution in [-0.2, 0) is 25.6 Å². The number of aryl methyl sites for hydroxylation is 1. The topological polar surface area (TPSA) is 67.2 Å². The summed E-state index contributed by atoms with van der Waals surface area (Å²) in [5, 5.41) is 16.2. The van der Waals surface area contributed by atoms with Gasteiger partial charge in [-0.1, -0.05) is 26.8 Å². The molecular formula is C17H22FN3O2. The number of halogens is 1. The highest BCUT2D eigenvalue weighted by Crippen LogP contribution is 2.21. The summed E-state index contributed by atoms with van der Waals surface area (Å²) in [6, 6.07) is 6.19. The van der Waals surface area contributed by atoms with Gasteiger partial charge >= 0.3 is 0 Å². The van der Waals surface area contributed by atoms with Crippen LogP contribution in [-0.4, -0.2) is 20.8 Å². The van der Waals surface area contributed by atoms with Crippen LogP contribution in [0, 0.1) is 5.82 Å². The summed E-state index contributed by atoms with van der Waals surface area (Å²) >= 11 is 0. The molecule has 0 unspecified atom stereocenters. The van der Waals surface area contributed by atoms with E-state index in [0.29, 0.717) is 5.69 Å².